The molecule has 38 heavy (non-hydrogen) atoms. The number of thioether (sulfide) groups is 1. The summed E-state index contributed by atoms with van der Waals surface area (Å²) in [6.07, 6.45) is 5.41. The smallest absolute Gasteiger partial charge is 0.244 e. The van der Waals surface area contributed by atoms with E-state index in [1.54, 1.807) is 0 Å². The first kappa shape index (κ1) is 26.3. The highest BCUT2D eigenvalue weighted by molar-refractivity contribution is 8.00. The van der Waals surface area contributed by atoms with E-state index in [1.165, 1.54) is 29.5 Å². The van der Waals surface area contributed by atoms with Gasteiger partial charge in [0.2, 0.25) is 11.8 Å². The summed E-state index contributed by atoms with van der Waals surface area (Å²) in [5.41, 5.74) is 2.51. The Labute approximate surface area is 231 Å². The Balaban J connectivity index is 1.29. The van der Waals surface area contributed by atoms with E-state index >= 15 is 0 Å². The Morgan fingerprint density at radius 3 is 2.50 bits per heavy atom. The van der Waals surface area contributed by atoms with Gasteiger partial charge >= 0.3 is 0 Å². The lowest BCUT2D eigenvalue weighted by Crippen LogP contribution is -2.24. The van der Waals surface area contributed by atoms with Gasteiger partial charge in [-0.2, -0.15) is 0 Å². The summed E-state index contributed by atoms with van der Waals surface area (Å²) >= 11 is 2.90. The van der Waals surface area contributed by atoms with Crippen molar-refractivity contribution < 1.29 is 14.3 Å². The second-order valence-corrected chi connectivity index (χ2v) is 11.5. The molecule has 3 aromatic carbocycles. The van der Waals surface area contributed by atoms with Gasteiger partial charge in [0, 0.05) is 16.5 Å². The van der Waals surface area contributed by atoms with Crippen LogP contribution in [0.15, 0.2) is 77.7 Å². The first-order valence-corrected chi connectivity index (χ1v) is 14.8. The van der Waals surface area contributed by atoms with Crippen LogP contribution < -0.4 is 15.4 Å². The molecule has 0 spiro atoms. The lowest BCUT2D eigenvalue weighted by Gasteiger charge is -2.21. The number of aromatic nitrogens is 1. The highest BCUT2D eigenvalue weighted by Crippen LogP contribution is 2.38. The monoisotopic (exact) mass is 545 g/mol. The molecule has 1 fully saturated rings. The molecule has 1 unspecified atom stereocenters. The van der Waals surface area contributed by atoms with Gasteiger partial charge in [-0.1, -0.05) is 60.9 Å². The van der Waals surface area contributed by atoms with Crippen molar-refractivity contribution in [3.63, 3.8) is 0 Å². The summed E-state index contributed by atoms with van der Waals surface area (Å²) in [6, 6.07) is 23.2. The second kappa shape index (κ2) is 12.5. The van der Waals surface area contributed by atoms with Gasteiger partial charge in [-0.3, -0.25) is 9.59 Å². The lowest BCUT2D eigenvalue weighted by atomic mass is 9.88. The van der Waals surface area contributed by atoms with Crippen molar-refractivity contribution >= 4 is 55.9 Å². The average molecular weight is 546 g/mol. The SMILES string of the molecule is CCOc1ccc2nc(NC(=O)C(Sc3ccc(NC(=O)C4CCCCC4)cc3)c3ccccc3)sc2c1. The maximum atomic E-state index is 13.5. The summed E-state index contributed by atoms with van der Waals surface area (Å²) in [7, 11) is 0. The number of ether oxygens (including phenoxy) is 1. The van der Waals surface area contributed by atoms with Crippen molar-refractivity contribution in [2.75, 3.05) is 17.2 Å². The number of benzene rings is 3. The quantitative estimate of drug-likeness (QED) is 0.211. The number of carbonyl (C=O) groups is 2. The number of nitrogens with one attached hydrogen (secondary N) is 2. The molecule has 4 aromatic rings. The molecule has 0 aliphatic heterocycles. The van der Waals surface area contributed by atoms with Crippen molar-refractivity contribution in [3.8, 4) is 5.75 Å². The first-order valence-electron chi connectivity index (χ1n) is 13.1. The Hall–Kier alpha value is -3.36. The van der Waals surface area contributed by atoms with Crippen LogP contribution in [-0.4, -0.2) is 23.4 Å². The molecule has 1 aromatic heterocycles. The van der Waals surface area contributed by atoms with Crippen molar-refractivity contribution in [2.45, 2.75) is 49.2 Å². The third-order valence-corrected chi connectivity index (χ3v) is 8.79. The zero-order valence-electron chi connectivity index (χ0n) is 21.3. The van der Waals surface area contributed by atoms with Crippen LogP contribution in [0.3, 0.4) is 0 Å². The van der Waals surface area contributed by atoms with Crippen LogP contribution in [-0.2, 0) is 9.59 Å². The minimum atomic E-state index is -0.468. The van der Waals surface area contributed by atoms with E-state index in [0.29, 0.717) is 11.7 Å². The number of amides is 2. The standard InChI is InChI=1S/C30H31N3O3S2/c1-2-36-23-15-18-25-26(19-23)38-30(32-25)33-29(35)27(20-9-5-3-6-10-20)37-24-16-13-22(14-17-24)31-28(34)21-11-7-4-8-12-21/h3,5-6,9-10,13-19,21,27H,2,4,7-8,11-12H2,1H3,(H,31,34)(H,32,33,35). The summed E-state index contributed by atoms with van der Waals surface area (Å²) in [5, 5.41) is 6.17. The topological polar surface area (TPSA) is 80.3 Å². The Morgan fingerprint density at radius 1 is 1.00 bits per heavy atom. The van der Waals surface area contributed by atoms with E-state index < -0.39 is 5.25 Å². The van der Waals surface area contributed by atoms with Crippen LogP contribution in [0.2, 0.25) is 0 Å². The van der Waals surface area contributed by atoms with E-state index in [-0.39, 0.29) is 17.7 Å². The van der Waals surface area contributed by atoms with Crippen molar-refractivity contribution in [1.29, 1.82) is 0 Å². The fourth-order valence-electron chi connectivity index (χ4n) is 4.65. The van der Waals surface area contributed by atoms with Crippen molar-refractivity contribution in [2.24, 2.45) is 5.92 Å². The van der Waals surface area contributed by atoms with Gasteiger partial charge in [0.05, 0.1) is 16.8 Å². The van der Waals surface area contributed by atoms with Gasteiger partial charge in [-0.15, -0.1) is 11.8 Å². The van der Waals surface area contributed by atoms with Crippen LogP contribution >= 0.6 is 23.1 Å². The summed E-state index contributed by atoms with van der Waals surface area (Å²) < 4.78 is 6.55. The molecule has 0 bridgehead atoms. The summed E-state index contributed by atoms with van der Waals surface area (Å²) in [6.45, 7) is 2.54. The van der Waals surface area contributed by atoms with Gasteiger partial charge < -0.3 is 15.4 Å². The second-order valence-electron chi connectivity index (χ2n) is 9.33. The van der Waals surface area contributed by atoms with Crippen molar-refractivity contribution in [1.82, 2.24) is 4.98 Å². The molecular formula is C30H31N3O3S2. The number of carbonyl (C=O) groups excluding carboxylic acids is 2. The van der Waals surface area contributed by atoms with Gasteiger partial charge in [-0.25, -0.2) is 4.98 Å². The fourth-order valence-corrected chi connectivity index (χ4v) is 6.57. The van der Waals surface area contributed by atoms with Gasteiger partial charge in [0.1, 0.15) is 11.0 Å². The Bertz CT molecular complexity index is 1380. The first-order chi connectivity index (χ1) is 18.6. The fraction of sp³-hybridized carbons (Fsp3) is 0.300. The van der Waals surface area contributed by atoms with E-state index in [1.807, 2.05) is 79.7 Å². The van der Waals surface area contributed by atoms with E-state index in [2.05, 4.69) is 15.6 Å². The highest BCUT2D eigenvalue weighted by Gasteiger charge is 2.24. The van der Waals surface area contributed by atoms with Gasteiger partial charge in [0.15, 0.2) is 5.13 Å². The maximum absolute atomic E-state index is 13.5. The number of fused-ring (bicyclic) bond motifs is 1. The van der Waals surface area contributed by atoms with Crippen LogP contribution in [0.1, 0.15) is 49.8 Å². The van der Waals surface area contributed by atoms with E-state index in [4.69, 9.17) is 4.74 Å². The molecular weight excluding hydrogens is 514 g/mol. The predicted molar refractivity (Wildman–Crippen MR) is 156 cm³/mol. The molecule has 2 N–H and O–H groups in total. The van der Waals surface area contributed by atoms with Crippen molar-refractivity contribution in [3.05, 3.63) is 78.4 Å². The van der Waals surface area contributed by atoms with Crippen LogP contribution in [0.25, 0.3) is 10.2 Å². The number of hydrogen-bond donors (Lipinski definition) is 2. The number of hydrogen-bond acceptors (Lipinski definition) is 6. The van der Waals surface area contributed by atoms with Crippen LogP contribution in [0, 0.1) is 5.92 Å². The van der Waals surface area contributed by atoms with Crippen LogP contribution in [0.5, 0.6) is 5.75 Å². The molecule has 5 rings (SSSR count). The molecule has 8 heteroatoms. The summed E-state index contributed by atoms with van der Waals surface area (Å²) in [5.74, 6) is 0.866. The average Bonchev–Trinajstić information content (AvgIpc) is 3.35. The molecule has 0 saturated heterocycles. The number of rotatable bonds is 9. The molecule has 1 heterocycles. The zero-order chi connectivity index (χ0) is 26.3. The van der Waals surface area contributed by atoms with Gasteiger partial charge in [-0.05, 0) is 67.8 Å². The molecule has 196 valence electrons. The maximum Gasteiger partial charge on any atom is 0.244 e. The summed E-state index contributed by atoms with van der Waals surface area (Å²) in [4.78, 5) is 31.7. The molecule has 1 saturated carbocycles. The Kier molecular flexibility index (Phi) is 8.61. The van der Waals surface area contributed by atoms with E-state index in [0.717, 1.165) is 57.8 Å². The third kappa shape index (κ3) is 6.55. The van der Waals surface area contributed by atoms with Gasteiger partial charge in [0.25, 0.3) is 0 Å². The minimum absolute atomic E-state index is 0.107. The number of nitrogens with zero attached hydrogens (tertiary/aromatic N) is 1. The molecule has 6 nitrogen and oxygen atoms in total. The third-order valence-electron chi connectivity index (χ3n) is 6.59. The molecule has 2 amide bonds. The minimum Gasteiger partial charge on any atom is -0.494 e. The highest BCUT2D eigenvalue weighted by atomic mass is 32.2. The molecule has 1 aliphatic rings. The molecule has 0 radical (unpaired) electrons. The van der Waals surface area contributed by atoms with Crippen LogP contribution in [0.4, 0.5) is 10.8 Å². The normalized spacial score (nSPS) is 14.7. The molecule has 1 atom stereocenters. The zero-order valence-corrected chi connectivity index (χ0v) is 22.9. The predicted octanol–water partition coefficient (Wildman–Crippen LogP) is 7.69. The Morgan fingerprint density at radius 2 is 1.76 bits per heavy atom. The number of anilines is 2. The largest absolute Gasteiger partial charge is 0.494 e. The number of thiazole rings is 1. The molecule has 1 aliphatic carbocycles. The lowest BCUT2D eigenvalue weighted by molar-refractivity contribution is -0.120. The van der Waals surface area contributed by atoms with E-state index in [9.17, 15) is 9.59 Å².